The molecule has 24 heavy (non-hydrogen) atoms. The monoisotopic (exact) mass is 351 g/mol. The van der Waals surface area contributed by atoms with Gasteiger partial charge in [-0.3, -0.25) is 14.9 Å². The summed E-state index contributed by atoms with van der Waals surface area (Å²) in [5.74, 6) is -0.191. The molecule has 2 saturated heterocycles. The molecule has 1 unspecified atom stereocenters. The fraction of sp³-hybridized carbons (Fsp3) is 0.588. The summed E-state index contributed by atoms with van der Waals surface area (Å²) in [6.07, 6.45) is 5.67. The maximum Gasteiger partial charge on any atom is 0.270 e. The highest BCUT2D eigenvalue weighted by Gasteiger charge is 2.32. The van der Waals surface area contributed by atoms with Gasteiger partial charge in [0, 0.05) is 31.3 Å². The second kappa shape index (κ2) is 7.49. The highest BCUT2D eigenvalue weighted by Crippen LogP contribution is 2.27. The fourth-order valence-electron chi connectivity index (χ4n) is 3.68. The Bertz CT molecular complexity index is 632. The number of carbonyl (C=O) groups is 1. The molecule has 1 amide bonds. The third kappa shape index (κ3) is 3.70. The first-order valence-corrected chi connectivity index (χ1v) is 8.91. The zero-order chi connectivity index (χ0) is 17.1. The molecule has 1 atom stereocenters. The lowest BCUT2D eigenvalue weighted by Gasteiger charge is -2.33. The van der Waals surface area contributed by atoms with E-state index in [4.69, 9.17) is 11.6 Å². The minimum atomic E-state index is -0.498. The molecule has 0 radical (unpaired) electrons. The van der Waals surface area contributed by atoms with Gasteiger partial charge in [0.05, 0.1) is 15.5 Å². The quantitative estimate of drug-likeness (QED) is 0.616. The highest BCUT2D eigenvalue weighted by molar-refractivity contribution is 6.34. The van der Waals surface area contributed by atoms with Crippen LogP contribution in [0.3, 0.4) is 0 Å². The molecule has 1 aromatic carbocycles. The number of hydrogen-bond acceptors (Lipinski definition) is 4. The first-order valence-electron chi connectivity index (χ1n) is 8.53. The van der Waals surface area contributed by atoms with Crippen molar-refractivity contribution in [1.29, 1.82) is 0 Å². The normalized spacial score (nSPS) is 21.9. The van der Waals surface area contributed by atoms with Gasteiger partial charge in [-0.05, 0) is 44.8 Å². The van der Waals surface area contributed by atoms with Crippen molar-refractivity contribution in [2.24, 2.45) is 0 Å². The molecule has 2 aliphatic heterocycles. The summed E-state index contributed by atoms with van der Waals surface area (Å²) in [5, 5.41) is 11.2. The summed E-state index contributed by atoms with van der Waals surface area (Å²) >= 11 is 6.13. The first-order chi connectivity index (χ1) is 11.6. The fourth-order valence-corrected chi connectivity index (χ4v) is 3.88. The van der Waals surface area contributed by atoms with E-state index in [1.807, 2.05) is 4.90 Å². The predicted octanol–water partition coefficient (Wildman–Crippen LogP) is 3.34. The maximum atomic E-state index is 12.9. The molecule has 3 rings (SSSR count). The van der Waals surface area contributed by atoms with Crippen LogP contribution in [0.4, 0.5) is 5.69 Å². The summed E-state index contributed by atoms with van der Waals surface area (Å²) in [7, 11) is 0. The lowest BCUT2D eigenvalue weighted by atomic mass is 10.1. The number of non-ortho nitro benzene ring substituents is 1. The summed E-state index contributed by atoms with van der Waals surface area (Å²) in [6.45, 7) is 3.76. The van der Waals surface area contributed by atoms with E-state index >= 15 is 0 Å². The number of benzene rings is 1. The molecule has 2 heterocycles. The van der Waals surface area contributed by atoms with E-state index in [0.717, 1.165) is 32.5 Å². The molecule has 2 fully saturated rings. The van der Waals surface area contributed by atoms with Gasteiger partial charge in [-0.1, -0.05) is 18.0 Å². The van der Waals surface area contributed by atoms with E-state index in [-0.39, 0.29) is 28.2 Å². The van der Waals surface area contributed by atoms with Crippen LogP contribution in [-0.2, 0) is 0 Å². The Morgan fingerprint density at radius 1 is 1.21 bits per heavy atom. The minimum Gasteiger partial charge on any atom is -0.334 e. The molecule has 0 bridgehead atoms. The number of nitro groups is 1. The SMILES string of the molecule is O=C(c1cc([N+](=O)[O-])ccc1Cl)N1CCCC1CN1CCCCC1. The third-order valence-electron chi connectivity index (χ3n) is 4.95. The van der Waals surface area contributed by atoms with Gasteiger partial charge in [-0.15, -0.1) is 0 Å². The summed E-state index contributed by atoms with van der Waals surface area (Å²) in [5.41, 5.74) is 0.130. The van der Waals surface area contributed by atoms with Crippen molar-refractivity contribution in [3.05, 3.63) is 38.9 Å². The first kappa shape index (κ1) is 17.2. The number of nitro benzene ring substituents is 1. The van der Waals surface area contributed by atoms with Crippen LogP contribution < -0.4 is 0 Å². The Morgan fingerprint density at radius 3 is 2.67 bits per heavy atom. The Labute approximate surface area is 146 Å². The van der Waals surface area contributed by atoms with E-state index < -0.39 is 4.92 Å². The predicted molar refractivity (Wildman–Crippen MR) is 92.5 cm³/mol. The smallest absolute Gasteiger partial charge is 0.270 e. The van der Waals surface area contributed by atoms with Crippen LogP contribution in [0.25, 0.3) is 0 Å². The van der Waals surface area contributed by atoms with Gasteiger partial charge >= 0.3 is 0 Å². The highest BCUT2D eigenvalue weighted by atomic mass is 35.5. The van der Waals surface area contributed by atoms with Crippen molar-refractivity contribution in [2.75, 3.05) is 26.2 Å². The van der Waals surface area contributed by atoms with E-state index in [2.05, 4.69) is 4.90 Å². The van der Waals surface area contributed by atoms with Crippen LogP contribution in [0.15, 0.2) is 18.2 Å². The van der Waals surface area contributed by atoms with Gasteiger partial charge in [0.25, 0.3) is 11.6 Å². The third-order valence-corrected chi connectivity index (χ3v) is 5.28. The van der Waals surface area contributed by atoms with Crippen LogP contribution in [0.1, 0.15) is 42.5 Å². The van der Waals surface area contributed by atoms with Crippen LogP contribution in [-0.4, -0.2) is 52.9 Å². The summed E-state index contributed by atoms with van der Waals surface area (Å²) in [6, 6.07) is 4.23. The van der Waals surface area contributed by atoms with Gasteiger partial charge in [-0.2, -0.15) is 0 Å². The second-order valence-electron chi connectivity index (χ2n) is 6.58. The van der Waals surface area contributed by atoms with E-state index in [1.54, 1.807) is 0 Å². The number of likely N-dealkylation sites (tertiary alicyclic amines) is 2. The average Bonchev–Trinajstić information content (AvgIpc) is 3.03. The van der Waals surface area contributed by atoms with Crippen LogP contribution >= 0.6 is 11.6 Å². The van der Waals surface area contributed by atoms with Crippen molar-refractivity contribution in [2.45, 2.75) is 38.1 Å². The summed E-state index contributed by atoms with van der Waals surface area (Å²) in [4.78, 5) is 27.6. The molecule has 6 nitrogen and oxygen atoms in total. The minimum absolute atomic E-state index is 0.102. The molecule has 0 aromatic heterocycles. The van der Waals surface area contributed by atoms with Gasteiger partial charge in [0.2, 0.25) is 0 Å². The Morgan fingerprint density at radius 2 is 1.96 bits per heavy atom. The Balaban J connectivity index is 1.75. The van der Waals surface area contributed by atoms with Crippen LogP contribution in [0.5, 0.6) is 0 Å². The maximum absolute atomic E-state index is 12.9. The topological polar surface area (TPSA) is 66.7 Å². The van der Waals surface area contributed by atoms with Crippen LogP contribution in [0.2, 0.25) is 5.02 Å². The standard InChI is InChI=1S/C17H22ClN3O3/c18-16-7-6-13(21(23)24)11-15(16)17(22)20-10-4-5-14(20)12-19-8-2-1-3-9-19/h6-7,11,14H,1-5,8-10,12H2. The largest absolute Gasteiger partial charge is 0.334 e. The molecular formula is C17H22ClN3O3. The van der Waals surface area contributed by atoms with E-state index in [9.17, 15) is 14.9 Å². The molecule has 0 saturated carbocycles. The van der Waals surface area contributed by atoms with Crippen molar-refractivity contribution in [3.8, 4) is 0 Å². The second-order valence-corrected chi connectivity index (χ2v) is 6.98. The van der Waals surface area contributed by atoms with E-state index in [1.165, 1.54) is 37.5 Å². The molecule has 0 aliphatic carbocycles. The van der Waals surface area contributed by atoms with Crippen molar-refractivity contribution in [1.82, 2.24) is 9.80 Å². The number of amides is 1. The van der Waals surface area contributed by atoms with Gasteiger partial charge in [0.1, 0.15) is 0 Å². The summed E-state index contributed by atoms with van der Waals surface area (Å²) < 4.78 is 0. The number of nitrogens with zero attached hydrogens (tertiary/aromatic N) is 3. The molecule has 7 heteroatoms. The molecule has 1 aromatic rings. The van der Waals surface area contributed by atoms with Gasteiger partial charge < -0.3 is 9.80 Å². The van der Waals surface area contributed by atoms with Gasteiger partial charge in [-0.25, -0.2) is 0 Å². The molecule has 0 N–H and O–H groups in total. The molecule has 0 spiro atoms. The van der Waals surface area contributed by atoms with Crippen molar-refractivity contribution < 1.29 is 9.72 Å². The molecule has 2 aliphatic rings. The number of rotatable bonds is 4. The zero-order valence-corrected chi connectivity index (χ0v) is 14.4. The number of piperidine rings is 1. The van der Waals surface area contributed by atoms with Gasteiger partial charge in [0.15, 0.2) is 0 Å². The molecular weight excluding hydrogens is 330 g/mol. The average molecular weight is 352 g/mol. The Kier molecular flexibility index (Phi) is 5.36. The van der Waals surface area contributed by atoms with Crippen LogP contribution in [0, 0.1) is 10.1 Å². The lowest BCUT2D eigenvalue weighted by Crippen LogP contribution is -2.44. The van der Waals surface area contributed by atoms with E-state index in [0.29, 0.717) is 6.54 Å². The van der Waals surface area contributed by atoms with Crippen molar-refractivity contribution in [3.63, 3.8) is 0 Å². The van der Waals surface area contributed by atoms with Crippen molar-refractivity contribution >= 4 is 23.2 Å². The zero-order valence-electron chi connectivity index (χ0n) is 13.6. The lowest BCUT2D eigenvalue weighted by molar-refractivity contribution is -0.384. The Hall–Kier alpha value is -1.66. The number of carbonyl (C=O) groups excluding carboxylic acids is 1. The molecule has 130 valence electrons. The number of halogens is 1. The number of hydrogen-bond donors (Lipinski definition) is 0.